The number of nitrogens with one attached hydrogen (secondary N) is 1. The summed E-state index contributed by atoms with van der Waals surface area (Å²) < 4.78 is 5.15. The summed E-state index contributed by atoms with van der Waals surface area (Å²) in [5.74, 6) is 0.404. The highest BCUT2D eigenvalue weighted by atomic mass is 32.1. The monoisotopic (exact) mass is 355 g/mol. The molecule has 1 aromatic carbocycles. The second-order valence-electron chi connectivity index (χ2n) is 6.08. The number of thiophene rings is 1. The highest BCUT2D eigenvalue weighted by Crippen LogP contribution is 2.36. The van der Waals surface area contributed by atoms with Crippen LogP contribution >= 0.6 is 11.3 Å². The van der Waals surface area contributed by atoms with Crippen molar-refractivity contribution in [1.82, 2.24) is 9.97 Å². The molecule has 0 radical (unpaired) electrons. The Morgan fingerprint density at radius 3 is 2.48 bits per heavy atom. The van der Waals surface area contributed by atoms with Gasteiger partial charge in [-0.15, -0.1) is 11.3 Å². The van der Waals surface area contributed by atoms with Gasteiger partial charge in [-0.25, -0.2) is 14.8 Å². The lowest BCUT2D eigenvalue weighted by molar-refractivity contribution is 0.0531. The molecular formula is C19H21N3O2S. The van der Waals surface area contributed by atoms with Crippen LogP contribution in [0.4, 0.5) is 11.5 Å². The fraction of sp³-hybridized carbons (Fsp3) is 0.316. The number of hydrogen-bond donors (Lipinski definition) is 1. The molecule has 0 aliphatic heterocycles. The lowest BCUT2D eigenvalue weighted by Crippen LogP contribution is -2.04. The van der Waals surface area contributed by atoms with E-state index in [-0.39, 0.29) is 5.97 Å². The molecule has 5 nitrogen and oxygen atoms in total. The van der Waals surface area contributed by atoms with E-state index >= 15 is 0 Å². The molecule has 25 heavy (non-hydrogen) atoms. The summed E-state index contributed by atoms with van der Waals surface area (Å²) in [7, 11) is 0. The SMILES string of the molecule is CCOC(=O)c1sc2ncnc(Nc3c(C)cc(C)cc3C)c2c1C. The third-order valence-electron chi connectivity index (χ3n) is 4.11. The number of rotatable bonds is 4. The first-order valence-corrected chi connectivity index (χ1v) is 9.00. The van der Waals surface area contributed by atoms with E-state index in [1.165, 1.54) is 23.2 Å². The molecule has 6 heteroatoms. The van der Waals surface area contributed by atoms with Crippen LogP contribution in [-0.2, 0) is 4.74 Å². The van der Waals surface area contributed by atoms with Gasteiger partial charge in [0.05, 0.1) is 12.0 Å². The lowest BCUT2D eigenvalue weighted by Gasteiger charge is -2.14. The van der Waals surface area contributed by atoms with Gasteiger partial charge in [0.15, 0.2) is 0 Å². The van der Waals surface area contributed by atoms with Crippen LogP contribution in [-0.4, -0.2) is 22.5 Å². The number of fused-ring (bicyclic) bond motifs is 1. The van der Waals surface area contributed by atoms with Gasteiger partial charge in [0.25, 0.3) is 0 Å². The van der Waals surface area contributed by atoms with Gasteiger partial charge in [-0.2, -0.15) is 0 Å². The van der Waals surface area contributed by atoms with E-state index < -0.39 is 0 Å². The van der Waals surface area contributed by atoms with E-state index in [1.54, 1.807) is 6.92 Å². The van der Waals surface area contributed by atoms with Crippen LogP contribution in [0.1, 0.15) is 38.8 Å². The smallest absolute Gasteiger partial charge is 0.348 e. The number of benzene rings is 1. The molecule has 0 aliphatic rings. The Labute approximate surface area is 151 Å². The number of aryl methyl sites for hydroxylation is 4. The Bertz CT molecular complexity index is 940. The molecular weight excluding hydrogens is 334 g/mol. The van der Waals surface area contributed by atoms with Crippen molar-refractivity contribution >= 4 is 39.0 Å². The van der Waals surface area contributed by atoms with Crippen LogP contribution in [0.25, 0.3) is 10.2 Å². The van der Waals surface area contributed by atoms with Gasteiger partial charge in [0.1, 0.15) is 21.9 Å². The van der Waals surface area contributed by atoms with Crippen molar-refractivity contribution in [3.63, 3.8) is 0 Å². The summed E-state index contributed by atoms with van der Waals surface area (Å²) in [5, 5.41) is 4.31. The zero-order chi connectivity index (χ0) is 18.1. The molecule has 130 valence electrons. The van der Waals surface area contributed by atoms with E-state index in [4.69, 9.17) is 4.74 Å². The number of anilines is 2. The molecule has 2 heterocycles. The number of ether oxygens (including phenoxy) is 1. The summed E-state index contributed by atoms with van der Waals surface area (Å²) in [6, 6.07) is 4.27. The molecule has 0 unspecified atom stereocenters. The van der Waals surface area contributed by atoms with Gasteiger partial charge in [-0.3, -0.25) is 0 Å². The molecule has 3 rings (SSSR count). The van der Waals surface area contributed by atoms with E-state index in [2.05, 4.69) is 48.2 Å². The van der Waals surface area contributed by atoms with Gasteiger partial charge >= 0.3 is 5.97 Å². The van der Waals surface area contributed by atoms with Crippen molar-refractivity contribution in [2.24, 2.45) is 0 Å². The summed E-state index contributed by atoms with van der Waals surface area (Å²) in [4.78, 5) is 22.3. The van der Waals surface area contributed by atoms with E-state index in [9.17, 15) is 4.79 Å². The first kappa shape index (κ1) is 17.4. The second kappa shape index (κ2) is 6.80. The molecule has 3 aromatic rings. The molecule has 2 aromatic heterocycles. The zero-order valence-corrected chi connectivity index (χ0v) is 15.9. The van der Waals surface area contributed by atoms with Crippen molar-refractivity contribution in [1.29, 1.82) is 0 Å². The van der Waals surface area contributed by atoms with Crippen LogP contribution in [0.15, 0.2) is 18.5 Å². The second-order valence-corrected chi connectivity index (χ2v) is 7.08. The third kappa shape index (κ3) is 3.22. The minimum absolute atomic E-state index is 0.309. The molecule has 0 atom stereocenters. The normalized spacial score (nSPS) is 10.9. The van der Waals surface area contributed by atoms with Gasteiger partial charge < -0.3 is 10.1 Å². The van der Waals surface area contributed by atoms with Crippen LogP contribution in [0, 0.1) is 27.7 Å². The van der Waals surface area contributed by atoms with Crippen LogP contribution in [0.5, 0.6) is 0 Å². The Hall–Kier alpha value is -2.47. The van der Waals surface area contributed by atoms with Crippen molar-refractivity contribution in [3.8, 4) is 0 Å². The molecule has 0 aliphatic carbocycles. The minimum atomic E-state index is -0.309. The number of aromatic nitrogens is 2. The standard InChI is InChI=1S/C19H21N3O2S/c1-6-24-19(23)16-13(5)14-17(20-9-21-18(14)25-16)22-15-11(3)7-10(2)8-12(15)4/h7-9H,6H2,1-5H3,(H,20,21,22). The highest BCUT2D eigenvalue weighted by Gasteiger charge is 2.20. The predicted molar refractivity (Wildman–Crippen MR) is 102 cm³/mol. The average Bonchev–Trinajstić information content (AvgIpc) is 2.89. The maximum atomic E-state index is 12.2. The molecule has 0 amide bonds. The quantitative estimate of drug-likeness (QED) is 0.678. The summed E-state index contributed by atoms with van der Waals surface area (Å²) in [5.41, 5.74) is 5.42. The Balaban J connectivity index is 2.10. The Morgan fingerprint density at radius 2 is 1.84 bits per heavy atom. The van der Waals surface area contributed by atoms with Crippen molar-refractivity contribution in [3.05, 3.63) is 45.6 Å². The summed E-state index contributed by atoms with van der Waals surface area (Å²) in [6.45, 7) is 10.3. The highest BCUT2D eigenvalue weighted by molar-refractivity contribution is 7.20. The van der Waals surface area contributed by atoms with E-state index in [0.717, 1.165) is 32.6 Å². The van der Waals surface area contributed by atoms with E-state index in [1.807, 2.05) is 6.92 Å². The van der Waals surface area contributed by atoms with Crippen LogP contribution < -0.4 is 5.32 Å². The number of carbonyl (C=O) groups is 1. The van der Waals surface area contributed by atoms with Gasteiger partial charge in [0.2, 0.25) is 0 Å². The average molecular weight is 355 g/mol. The Kier molecular flexibility index (Phi) is 4.72. The summed E-state index contributed by atoms with van der Waals surface area (Å²) in [6.07, 6.45) is 1.52. The zero-order valence-electron chi connectivity index (χ0n) is 15.1. The number of esters is 1. The fourth-order valence-corrected chi connectivity index (χ4v) is 4.10. The maximum absolute atomic E-state index is 12.2. The third-order valence-corrected chi connectivity index (χ3v) is 5.29. The van der Waals surface area contributed by atoms with Crippen molar-refractivity contribution in [2.75, 3.05) is 11.9 Å². The topological polar surface area (TPSA) is 64.1 Å². The van der Waals surface area contributed by atoms with Gasteiger partial charge in [-0.1, -0.05) is 17.7 Å². The first-order valence-electron chi connectivity index (χ1n) is 8.18. The van der Waals surface area contributed by atoms with Crippen molar-refractivity contribution < 1.29 is 9.53 Å². The minimum Gasteiger partial charge on any atom is -0.462 e. The number of hydrogen-bond acceptors (Lipinski definition) is 6. The van der Waals surface area contributed by atoms with Crippen LogP contribution in [0.3, 0.4) is 0 Å². The fourth-order valence-electron chi connectivity index (χ4n) is 3.05. The molecule has 0 bridgehead atoms. The molecule has 0 saturated heterocycles. The van der Waals surface area contributed by atoms with Gasteiger partial charge in [0, 0.05) is 5.69 Å². The van der Waals surface area contributed by atoms with E-state index in [0.29, 0.717) is 17.3 Å². The first-order chi connectivity index (χ1) is 11.9. The van der Waals surface area contributed by atoms with Crippen molar-refractivity contribution in [2.45, 2.75) is 34.6 Å². The van der Waals surface area contributed by atoms with Gasteiger partial charge in [-0.05, 0) is 51.3 Å². The molecule has 0 spiro atoms. The summed E-state index contributed by atoms with van der Waals surface area (Å²) >= 11 is 1.34. The predicted octanol–water partition coefficient (Wildman–Crippen LogP) is 4.85. The number of nitrogens with zero attached hydrogens (tertiary/aromatic N) is 2. The molecule has 1 N–H and O–H groups in total. The molecule has 0 saturated carbocycles. The number of carbonyl (C=O) groups excluding carboxylic acids is 1. The maximum Gasteiger partial charge on any atom is 0.348 e. The Morgan fingerprint density at radius 1 is 1.16 bits per heavy atom. The van der Waals surface area contributed by atoms with Crippen LogP contribution in [0.2, 0.25) is 0 Å². The largest absolute Gasteiger partial charge is 0.462 e. The lowest BCUT2D eigenvalue weighted by atomic mass is 10.0. The molecule has 0 fully saturated rings.